The summed E-state index contributed by atoms with van der Waals surface area (Å²) in [6, 6.07) is 10.4. The normalized spacial score (nSPS) is 13.0. The van der Waals surface area contributed by atoms with Gasteiger partial charge in [-0.05, 0) is 30.4 Å². The quantitative estimate of drug-likeness (QED) is 0.615. The number of hydrogen-bond donors (Lipinski definition) is 0. The third kappa shape index (κ3) is 3.21. The smallest absolute Gasteiger partial charge is 0.0218 e. The molecule has 0 aliphatic heterocycles. The Bertz CT molecular complexity index is 306. The Morgan fingerprint density at radius 2 is 2.00 bits per heavy atom. The molecule has 0 nitrogen and oxygen atoms in total. The van der Waals surface area contributed by atoms with E-state index in [0.29, 0.717) is 5.92 Å². The van der Waals surface area contributed by atoms with Crippen LogP contribution in [0.3, 0.4) is 0 Å². The molecule has 0 spiro atoms. The first-order chi connectivity index (χ1) is 6.74. The fourth-order valence-corrected chi connectivity index (χ4v) is 1.58. The Kier molecular flexibility index (Phi) is 4.18. The van der Waals surface area contributed by atoms with Crippen LogP contribution in [0.2, 0.25) is 0 Å². The van der Waals surface area contributed by atoms with Crippen molar-refractivity contribution >= 4 is 5.57 Å². The largest absolute Gasteiger partial charge is 0.0952 e. The van der Waals surface area contributed by atoms with Crippen molar-refractivity contribution < 1.29 is 0 Å². The van der Waals surface area contributed by atoms with E-state index in [4.69, 9.17) is 0 Å². The maximum Gasteiger partial charge on any atom is -0.0218 e. The molecule has 0 bridgehead atoms. The van der Waals surface area contributed by atoms with Crippen molar-refractivity contribution in [2.75, 3.05) is 0 Å². The average molecular weight is 186 g/mol. The third-order valence-corrected chi connectivity index (χ3v) is 2.27. The van der Waals surface area contributed by atoms with Gasteiger partial charge in [0.25, 0.3) is 0 Å². The zero-order valence-electron chi connectivity index (χ0n) is 9.03. The van der Waals surface area contributed by atoms with Crippen molar-refractivity contribution in [2.24, 2.45) is 5.92 Å². The molecule has 0 saturated heterocycles. The van der Waals surface area contributed by atoms with Crippen LogP contribution in [0.15, 0.2) is 49.1 Å². The molecule has 1 aromatic carbocycles. The molecule has 0 aliphatic carbocycles. The molecule has 0 amide bonds. The first-order valence-corrected chi connectivity index (χ1v) is 5.10. The van der Waals surface area contributed by atoms with E-state index in [1.54, 1.807) is 0 Å². The molecule has 1 atom stereocenters. The van der Waals surface area contributed by atoms with Gasteiger partial charge in [0, 0.05) is 0 Å². The first kappa shape index (κ1) is 10.8. The molecule has 0 fully saturated rings. The second kappa shape index (κ2) is 5.43. The van der Waals surface area contributed by atoms with Crippen molar-refractivity contribution in [3.63, 3.8) is 0 Å². The average Bonchev–Trinajstić information content (AvgIpc) is 2.19. The topological polar surface area (TPSA) is 0 Å². The van der Waals surface area contributed by atoms with Crippen LogP contribution in [-0.4, -0.2) is 0 Å². The maximum absolute atomic E-state index is 4.11. The van der Waals surface area contributed by atoms with E-state index in [-0.39, 0.29) is 0 Å². The predicted molar refractivity (Wildman–Crippen MR) is 64.1 cm³/mol. The molecule has 14 heavy (non-hydrogen) atoms. The summed E-state index contributed by atoms with van der Waals surface area (Å²) in [5, 5.41) is 0. The lowest BCUT2D eigenvalue weighted by Gasteiger charge is -2.09. The highest BCUT2D eigenvalue weighted by molar-refractivity contribution is 5.63. The van der Waals surface area contributed by atoms with Crippen LogP contribution in [0.25, 0.3) is 5.57 Å². The van der Waals surface area contributed by atoms with Gasteiger partial charge in [0.05, 0.1) is 0 Å². The van der Waals surface area contributed by atoms with Gasteiger partial charge in [-0.2, -0.15) is 0 Å². The molecular weight excluding hydrogens is 168 g/mol. The highest BCUT2D eigenvalue weighted by Crippen LogP contribution is 2.20. The Balaban J connectivity index is 2.59. The summed E-state index contributed by atoms with van der Waals surface area (Å²) in [5.41, 5.74) is 2.47. The van der Waals surface area contributed by atoms with Gasteiger partial charge < -0.3 is 0 Å². The molecule has 1 unspecified atom stereocenters. The van der Waals surface area contributed by atoms with Crippen molar-refractivity contribution in [3.05, 3.63) is 54.6 Å². The molecule has 0 radical (unpaired) electrons. The second-order valence-electron chi connectivity index (χ2n) is 3.68. The summed E-state index contributed by atoms with van der Waals surface area (Å²) in [5.74, 6) is 0.577. The van der Waals surface area contributed by atoms with Crippen LogP contribution in [0.1, 0.15) is 25.8 Å². The van der Waals surface area contributed by atoms with Gasteiger partial charge in [-0.1, -0.05) is 56.0 Å². The van der Waals surface area contributed by atoms with E-state index in [1.807, 2.05) is 6.07 Å². The van der Waals surface area contributed by atoms with E-state index in [0.717, 1.165) is 6.42 Å². The highest BCUT2D eigenvalue weighted by Gasteiger charge is 2.02. The van der Waals surface area contributed by atoms with Gasteiger partial charge in [-0.25, -0.2) is 0 Å². The van der Waals surface area contributed by atoms with E-state index in [1.165, 1.54) is 11.1 Å². The molecule has 1 rings (SSSR count). The third-order valence-electron chi connectivity index (χ3n) is 2.27. The monoisotopic (exact) mass is 186 g/mol. The van der Waals surface area contributed by atoms with Gasteiger partial charge in [-0.15, -0.1) is 0 Å². The van der Waals surface area contributed by atoms with Gasteiger partial charge in [0.15, 0.2) is 0 Å². The maximum atomic E-state index is 4.11. The van der Waals surface area contributed by atoms with Gasteiger partial charge in [-0.3, -0.25) is 0 Å². The summed E-state index contributed by atoms with van der Waals surface area (Å²) >= 11 is 0. The Morgan fingerprint density at radius 1 is 1.36 bits per heavy atom. The molecule has 74 valence electrons. The zero-order valence-corrected chi connectivity index (χ0v) is 9.03. The van der Waals surface area contributed by atoms with Crippen LogP contribution in [0, 0.1) is 5.92 Å². The number of allylic oxidation sites excluding steroid dienone is 3. The zero-order chi connectivity index (χ0) is 10.4. The number of rotatable bonds is 4. The Hall–Kier alpha value is -1.30. The molecule has 0 heteroatoms. The predicted octanol–water partition coefficient (Wildman–Crippen LogP) is 4.30. The summed E-state index contributed by atoms with van der Waals surface area (Å²) in [7, 11) is 0. The van der Waals surface area contributed by atoms with Crippen LogP contribution >= 0.6 is 0 Å². The SMILES string of the molecule is C=C(CC(C)/C=C\C)c1ccccc1. The van der Waals surface area contributed by atoms with Crippen LogP contribution in [0.4, 0.5) is 0 Å². The fraction of sp³-hybridized carbons (Fsp3) is 0.286. The van der Waals surface area contributed by atoms with E-state index < -0.39 is 0 Å². The fourth-order valence-electron chi connectivity index (χ4n) is 1.58. The summed E-state index contributed by atoms with van der Waals surface area (Å²) in [6.45, 7) is 8.39. The standard InChI is InChI=1S/C14H18/c1-4-8-12(2)11-13(3)14-9-6-5-7-10-14/h4-10,12H,3,11H2,1-2H3/b8-4-. The van der Waals surface area contributed by atoms with Crippen molar-refractivity contribution in [2.45, 2.75) is 20.3 Å². The highest BCUT2D eigenvalue weighted by atomic mass is 14.1. The molecule has 0 N–H and O–H groups in total. The van der Waals surface area contributed by atoms with Crippen molar-refractivity contribution in [1.82, 2.24) is 0 Å². The number of benzene rings is 1. The molecule has 0 saturated carbocycles. The van der Waals surface area contributed by atoms with Crippen LogP contribution in [0.5, 0.6) is 0 Å². The second-order valence-corrected chi connectivity index (χ2v) is 3.68. The molecule has 0 heterocycles. The van der Waals surface area contributed by atoms with Gasteiger partial charge in [0.1, 0.15) is 0 Å². The van der Waals surface area contributed by atoms with E-state index in [2.05, 4.69) is 56.8 Å². The number of hydrogen-bond acceptors (Lipinski definition) is 0. The van der Waals surface area contributed by atoms with Crippen molar-refractivity contribution in [1.29, 1.82) is 0 Å². The minimum absolute atomic E-state index is 0.577. The molecule has 1 aromatic rings. The first-order valence-electron chi connectivity index (χ1n) is 5.10. The molecule has 0 aromatic heterocycles. The summed E-state index contributed by atoms with van der Waals surface area (Å²) in [6.07, 6.45) is 5.35. The minimum Gasteiger partial charge on any atom is -0.0952 e. The van der Waals surface area contributed by atoms with Gasteiger partial charge in [0.2, 0.25) is 0 Å². The molecule has 0 aliphatic rings. The van der Waals surface area contributed by atoms with Gasteiger partial charge >= 0.3 is 0 Å². The summed E-state index contributed by atoms with van der Waals surface area (Å²) < 4.78 is 0. The summed E-state index contributed by atoms with van der Waals surface area (Å²) in [4.78, 5) is 0. The van der Waals surface area contributed by atoms with Crippen LogP contribution in [-0.2, 0) is 0 Å². The van der Waals surface area contributed by atoms with E-state index in [9.17, 15) is 0 Å². The van der Waals surface area contributed by atoms with Crippen molar-refractivity contribution in [3.8, 4) is 0 Å². The minimum atomic E-state index is 0.577. The molecular formula is C14H18. The lowest BCUT2D eigenvalue weighted by molar-refractivity contribution is 0.755. The lowest BCUT2D eigenvalue weighted by Crippen LogP contribution is -1.91. The Morgan fingerprint density at radius 3 is 2.57 bits per heavy atom. The Labute approximate surface area is 87.0 Å². The van der Waals surface area contributed by atoms with Crippen LogP contribution < -0.4 is 0 Å². The van der Waals surface area contributed by atoms with E-state index >= 15 is 0 Å². The lowest BCUT2D eigenvalue weighted by atomic mass is 9.96.